The minimum Gasteiger partial charge on any atom is -0.492 e. The molecule has 0 atom stereocenters. The van der Waals surface area contributed by atoms with Crippen molar-refractivity contribution >= 4 is 5.91 Å². The van der Waals surface area contributed by atoms with E-state index in [0.29, 0.717) is 19.7 Å². The lowest BCUT2D eigenvalue weighted by Crippen LogP contribution is -2.50. The number of carbonyl (C=O) groups is 1. The summed E-state index contributed by atoms with van der Waals surface area (Å²) in [6, 6.07) is 13.2. The zero-order valence-electron chi connectivity index (χ0n) is 16.0. The Hall–Kier alpha value is -2.60. The van der Waals surface area contributed by atoms with Gasteiger partial charge in [-0.3, -0.25) is 14.5 Å². The monoisotopic (exact) mass is 369 g/mol. The molecule has 144 valence electrons. The molecular weight excluding hydrogens is 342 g/mol. The Bertz CT molecular complexity index is 809. The first-order valence-corrected chi connectivity index (χ1v) is 9.47. The van der Waals surface area contributed by atoms with E-state index in [4.69, 9.17) is 4.74 Å². The second kappa shape index (κ2) is 8.86. The van der Waals surface area contributed by atoms with Gasteiger partial charge in [-0.15, -0.1) is 0 Å². The van der Waals surface area contributed by atoms with E-state index in [1.54, 1.807) is 11.0 Å². The smallest absolute Gasteiger partial charge is 0.261 e. The molecule has 2 aromatic rings. The van der Waals surface area contributed by atoms with Gasteiger partial charge in [0, 0.05) is 38.4 Å². The van der Waals surface area contributed by atoms with Gasteiger partial charge in [-0.2, -0.15) is 0 Å². The fraction of sp³-hybridized carbons (Fsp3) is 0.429. The summed E-state index contributed by atoms with van der Waals surface area (Å²) < 4.78 is 5.73. The molecule has 2 heterocycles. The molecule has 1 aliphatic heterocycles. The average Bonchev–Trinajstić information content (AvgIpc) is 2.69. The molecule has 0 spiro atoms. The number of para-hydroxylation sites is 1. The molecule has 1 aliphatic rings. The van der Waals surface area contributed by atoms with Crippen LogP contribution in [0.25, 0.3) is 0 Å². The Labute approximate surface area is 159 Å². The molecule has 6 heteroatoms. The second-order valence-electron chi connectivity index (χ2n) is 7.11. The Morgan fingerprint density at radius 3 is 2.41 bits per heavy atom. The van der Waals surface area contributed by atoms with Crippen LogP contribution in [0, 0.1) is 0 Å². The predicted octanol–water partition coefficient (Wildman–Crippen LogP) is 2.34. The number of carbonyl (C=O) groups excluding carboxylic acids is 1. The summed E-state index contributed by atoms with van der Waals surface area (Å²) in [5, 5.41) is 0. The number of nitrogens with one attached hydrogen (secondary N) is 1. The van der Waals surface area contributed by atoms with Crippen LogP contribution in [0.15, 0.2) is 47.3 Å². The van der Waals surface area contributed by atoms with Crippen LogP contribution in [0.5, 0.6) is 5.75 Å². The SMILES string of the molecule is CC(C)c1ccc(C(=O)N2CCN(CCOc3ccccc3)CC2)c(=O)[nH]1. The van der Waals surface area contributed by atoms with Crippen LogP contribution in [0.3, 0.4) is 0 Å². The van der Waals surface area contributed by atoms with Gasteiger partial charge in [0.2, 0.25) is 0 Å². The van der Waals surface area contributed by atoms with Gasteiger partial charge in [-0.05, 0) is 30.2 Å². The Kier molecular flexibility index (Phi) is 6.29. The third-order valence-electron chi connectivity index (χ3n) is 4.86. The molecule has 1 saturated heterocycles. The number of aromatic amines is 1. The van der Waals surface area contributed by atoms with E-state index in [0.717, 1.165) is 31.1 Å². The maximum atomic E-state index is 12.7. The fourth-order valence-electron chi connectivity index (χ4n) is 3.15. The number of hydrogen-bond donors (Lipinski definition) is 1. The van der Waals surface area contributed by atoms with E-state index < -0.39 is 0 Å². The van der Waals surface area contributed by atoms with Crippen LogP contribution in [0.4, 0.5) is 0 Å². The number of aromatic nitrogens is 1. The van der Waals surface area contributed by atoms with Crippen molar-refractivity contribution in [2.75, 3.05) is 39.3 Å². The number of nitrogens with zero attached hydrogens (tertiary/aromatic N) is 2. The second-order valence-corrected chi connectivity index (χ2v) is 7.11. The molecule has 0 radical (unpaired) electrons. The van der Waals surface area contributed by atoms with Crippen LogP contribution in [-0.2, 0) is 0 Å². The number of ether oxygens (including phenoxy) is 1. The van der Waals surface area contributed by atoms with Crippen molar-refractivity contribution < 1.29 is 9.53 Å². The number of amides is 1. The van der Waals surface area contributed by atoms with Gasteiger partial charge in [0.15, 0.2) is 0 Å². The highest BCUT2D eigenvalue weighted by Gasteiger charge is 2.24. The van der Waals surface area contributed by atoms with Crippen LogP contribution < -0.4 is 10.3 Å². The molecule has 1 N–H and O–H groups in total. The summed E-state index contributed by atoms with van der Waals surface area (Å²) in [7, 11) is 0. The first-order chi connectivity index (χ1) is 13.0. The van der Waals surface area contributed by atoms with Crippen molar-refractivity contribution in [3.8, 4) is 5.75 Å². The van der Waals surface area contributed by atoms with Crippen LogP contribution in [-0.4, -0.2) is 60.0 Å². The lowest BCUT2D eigenvalue weighted by molar-refractivity contribution is 0.0618. The minimum absolute atomic E-state index is 0.188. The maximum absolute atomic E-state index is 12.7. The molecule has 6 nitrogen and oxygen atoms in total. The normalized spacial score (nSPS) is 15.1. The van der Waals surface area contributed by atoms with E-state index in [1.807, 2.05) is 50.2 Å². The summed E-state index contributed by atoms with van der Waals surface area (Å²) >= 11 is 0. The molecule has 3 rings (SSSR count). The summed E-state index contributed by atoms with van der Waals surface area (Å²) in [5.74, 6) is 0.908. The van der Waals surface area contributed by atoms with E-state index >= 15 is 0 Å². The van der Waals surface area contributed by atoms with Gasteiger partial charge in [0.05, 0.1) is 0 Å². The van der Waals surface area contributed by atoms with Crippen LogP contribution in [0.2, 0.25) is 0 Å². The predicted molar refractivity (Wildman–Crippen MR) is 105 cm³/mol. The molecule has 0 unspecified atom stereocenters. The van der Waals surface area contributed by atoms with Crippen molar-refractivity contribution in [2.45, 2.75) is 19.8 Å². The zero-order chi connectivity index (χ0) is 19.2. The van der Waals surface area contributed by atoms with E-state index in [9.17, 15) is 9.59 Å². The molecule has 0 bridgehead atoms. The largest absolute Gasteiger partial charge is 0.492 e. The summed E-state index contributed by atoms with van der Waals surface area (Å²) in [5.41, 5.74) is 0.768. The lowest BCUT2D eigenvalue weighted by atomic mass is 10.1. The Morgan fingerprint density at radius 1 is 1.07 bits per heavy atom. The van der Waals surface area contributed by atoms with Crippen molar-refractivity contribution in [3.05, 3.63) is 64.1 Å². The molecule has 1 aromatic heterocycles. The third-order valence-corrected chi connectivity index (χ3v) is 4.86. The van der Waals surface area contributed by atoms with Crippen molar-refractivity contribution in [1.29, 1.82) is 0 Å². The van der Waals surface area contributed by atoms with Gasteiger partial charge in [0.1, 0.15) is 17.9 Å². The summed E-state index contributed by atoms with van der Waals surface area (Å²) in [6.07, 6.45) is 0. The number of piperazine rings is 1. The summed E-state index contributed by atoms with van der Waals surface area (Å²) in [6.45, 7) is 8.26. The third kappa shape index (κ3) is 4.98. The van der Waals surface area contributed by atoms with E-state index in [2.05, 4.69) is 9.88 Å². The lowest BCUT2D eigenvalue weighted by Gasteiger charge is -2.34. The first kappa shape index (κ1) is 19.2. The fourth-order valence-corrected chi connectivity index (χ4v) is 3.15. The van der Waals surface area contributed by atoms with Crippen molar-refractivity contribution in [1.82, 2.24) is 14.8 Å². The minimum atomic E-state index is -0.301. The number of rotatable bonds is 6. The van der Waals surface area contributed by atoms with E-state index in [1.165, 1.54) is 0 Å². The van der Waals surface area contributed by atoms with Gasteiger partial charge in [-0.1, -0.05) is 32.0 Å². The number of hydrogen-bond acceptors (Lipinski definition) is 4. The molecule has 0 aliphatic carbocycles. The number of pyridine rings is 1. The van der Waals surface area contributed by atoms with Gasteiger partial charge in [0.25, 0.3) is 11.5 Å². The molecule has 1 amide bonds. The van der Waals surface area contributed by atoms with Crippen LogP contribution >= 0.6 is 0 Å². The summed E-state index contributed by atoms with van der Waals surface area (Å²) in [4.78, 5) is 31.8. The number of H-pyrrole nitrogens is 1. The Morgan fingerprint density at radius 2 is 1.78 bits per heavy atom. The number of benzene rings is 1. The standard InChI is InChI=1S/C21H27N3O3/c1-16(2)19-9-8-18(20(25)22-19)21(26)24-12-10-23(11-13-24)14-15-27-17-6-4-3-5-7-17/h3-9,16H,10-15H2,1-2H3,(H,22,25). The maximum Gasteiger partial charge on any atom is 0.261 e. The zero-order valence-corrected chi connectivity index (χ0v) is 16.0. The molecule has 1 fully saturated rings. The van der Waals surface area contributed by atoms with Gasteiger partial charge >= 0.3 is 0 Å². The quantitative estimate of drug-likeness (QED) is 0.849. The Balaban J connectivity index is 1.48. The van der Waals surface area contributed by atoms with Gasteiger partial charge in [-0.25, -0.2) is 0 Å². The van der Waals surface area contributed by atoms with Crippen molar-refractivity contribution in [3.63, 3.8) is 0 Å². The highest BCUT2D eigenvalue weighted by atomic mass is 16.5. The molecule has 0 saturated carbocycles. The van der Waals surface area contributed by atoms with E-state index in [-0.39, 0.29) is 22.9 Å². The molecule has 1 aromatic carbocycles. The first-order valence-electron chi connectivity index (χ1n) is 9.47. The highest BCUT2D eigenvalue weighted by molar-refractivity contribution is 5.93. The van der Waals surface area contributed by atoms with Gasteiger partial charge < -0.3 is 14.6 Å². The average molecular weight is 369 g/mol. The molecular formula is C21H27N3O3. The topological polar surface area (TPSA) is 65.6 Å². The van der Waals surface area contributed by atoms with Crippen LogP contribution in [0.1, 0.15) is 35.8 Å². The molecule has 27 heavy (non-hydrogen) atoms. The van der Waals surface area contributed by atoms with Crippen molar-refractivity contribution in [2.24, 2.45) is 0 Å². The highest BCUT2D eigenvalue weighted by Crippen LogP contribution is 2.12.